The first kappa shape index (κ1) is 16.6. The highest BCUT2D eigenvalue weighted by molar-refractivity contribution is 6.25. The van der Waals surface area contributed by atoms with Gasteiger partial charge in [0.2, 0.25) is 0 Å². The van der Waals surface area contributed by atoms with E-state index < -0.39 is 164 Å². The highest BCUT2D eigenvalue weighted by Gasteiger charge is 2.21. The molecule has 0 aliphatic rings. The van der Waals surface area contributed by atoms with Gasteiger partial charge in [-0.1, -0.05) is 182 Å². The Bertz CT molecular complexity index is 4220. The standard InChI is InChI=1S/C52H32O/c1-2-15-34(16-3-1)49-42-20-8-10-22-44(42)50(45-23-11-9-21-43(45)49)46-31-30-40(38-18-6-7-19-39(38)46)41-25-13-27-48-51(41)47-26-12-24-37(52(47)53-48)36-29-28-33-14-4-5-17-35(33)32-36/h1-32H/i1D,2D,3D,6D,7D,8D,9D,10D,11D,15D,16D,18D,19D,20D,21D,22D,23D,30D,31D. The lowest BCUT2D eigenvalue weighted by atomic mass is 9.83. The van der Waals surface area contributed by atoms with Crippen molar-refractivity contribution < 1.29 is 30.5 Å². The Morgan fingerprint density at radius 1 is 0.358 bits per heavy atom. The summed E-state index contributed by atoms with van der Waals surface area (Å²) in [4.78, 5) is 0. The second-order valence-corrected chi connectivity index (χ2v) is 12.5. The van der Waals surface area contributed by atoms with Crippen LogP contribution >= 0.6 is 0 Å². The molecule has 11 rings (SSSR count). The van der Waals surface area contributed by atoms with Gasteiger partial charge in [-0.25, -0.2) is 0 Å². The lowest BCUT2D eigenvalue weighted by Gasteiger charge is -2.19. The van der Waals surface area contributed by atoms with Gasteiger partial charge in [0.1, 0.15) is 11.2 Å². The van der Waals surface area contributed by atoms with Crippen molar-refractivity contribution in [3.63, 3.8) is 0 Å². The van der Waals surface area contributed by atoms with Crippen molar-refractivity contribution in [2.45, 2.75) is 0 Å². The molecule has 0 saturated carbocycles. The maximum absolute atomic E-state index is 10.0. The summed E-state index contributed by atoms with van der Waals surface area (Å²) in [6, 6.07) is 8.88. The quantitative estimate of drug-likeness (QED) is 0.167. The van der Waals surface area contributed by atoms with E-state index in [9.17, 15) is 11.0 Å². The highest BCUT2D eigenvalue weighted by Crippen LogP contribution is 2.48. The fraction of sp³-hybridized carbons (Fsp3) is 0. The highest BCUT2D eigenvalue weighted by atomic mass is 16.3. The minimum absolute atomic E-state index is 0.136. The predicted molar refractivity (Wildman–Crippen MR) is 225 cm³/mol. The summed E-state index contributed by atoms with van der Waals surface area (Å²) in [7, 11) is 0. The number of hydrogen-bond acceptors (Lipinski definition) is 1. The Balaban J connectivity index is 1.36. The van der Waals surface area contributed by atoms with Crippen molar-refractivity contribution in [1.29, 1.82) is 0 Å². The Hall–Kier alpha value is -6.96. The Labute approximate surface area is 333 Å². The van der Waals surface area contributed by atoms with E-state index in [-0.39, 0.29) is 16.5 Å². The van der Waals surface area contributed by atoms with Crippen LogP contribution in [-0.2, 0) is 0 Å². The maximum atomic E-state index is 10.0. The van der Waals surface area contributed by atoms with Crippen molar-refractivity contribution >= 4 is 65.0 Å². The average molecular weight is 692 g/mol. The van der Waals surface area contributed by atoms with Crippen LogP contribution in [0, 0.1) is 0 Å². The van der Waals surface area contributed by atoms with Gasteiger partial charge in [-0.05, 0) is 94.2 Å². The van der Waals surface area contributed by atoms with Gasteiger partial charge >= 0.3 is 0 Å². The van der Waals surface area contributed by atoms with E-state index in [1.165, 1.54) is 0 Å². The summed E-state index contributed by atoms with van der Waals surface area (Å²) >= 11 is 0. The van der Waals surface area contributed by atoms with E-state index in [1.807, 2.05) is 60.7 Å². The topological polar surface area (TPSA) is 13.1 Å². The molecule has 53 heavy (non-hydrogen) atoms. The van der Waals surface area contributed by atoms with Crippen molar-refractivity contribution in [2.24, 2.45) is 0 Å². The van der Waals surface area contributed by atoms with Crippen molar-refractivity contribution in [3.05, 3.63) is 194 Å². The Morgan fingerprint density at radius 2 is 0.943 bits per heavy atom. The average Bonchev–Trinajstić information content (AvgIpc) is 3.78. The van der Waals surface area contributed by atoms with E-state index in [0.29, 0.717) is 21.9 Å². The minimum Gasteiger partial charge on any atom is -0.455 e. The van der Waals surface area contributed by atoms with Gasteiger partial charge in [-0.3, -0.25) is 0 Å². The van der Waals surface area contributed by atoms with Crippen LogP contribution in [0.25, 0.3) is 110 Å². The van der Waals surface area contributed by atoms with E-state index in [4.69, 9.17) is 19.5 Å². The number of hydrogen-bond donors (Lipinski definition) is 0. The normalized spacial score (nSPS) is 16.8. The second kappa shape index (κ2) is 11.8. The SMILES string of the molecule is [2H]c1c([2H])c([2H])c(-c2c3c([2H])c([2H])c([2H])c([2H])c3c(-c3c([2H])c([2H])c(-c4cccc5oc6c(-c7ccc8ccccc8c7)cccc6c45)c4c([2H])c([2H])c([2H])c([2H])c34)c3c([2H])c([2H])c([2H])c([2H])c23)c([2H])c1[2H]. The Kier molecular flexibility index (Phi) is 3.69. The molecule has 11 aromatic rings. The lowest BCUT2D eigenvalue weighted by molar-refractivity contribution is 0.670. The first-order valence-corrected chi connectivity index (χ1v) is 16.7. The summed E-state index contributed by atoms with van der Waals surface area (Å²) in [5, 5.41) is -0.00533. The number of furan rings is 1. The molecule has 0 saturated heterocycles. The summed E-state index contributed by atoms with van der Waals surface area (Å²) in [6.45, 7) is 0. The number of para-hydroxylation sites is 1. The second-order valence-electron chi connectivity index (χ2n) is 12.5. The molecule has 0 radical (unpaired) electrons. The molecule has 1 heteroatoms. The first-order valence-electron chi connectivity index (χ1n) is 26.2. The third kappa shape index (κ3) is 4.58. The molecule has 0 N–H and O–H groups in total. The molecule has 0 bridgehead atoms. The lowest BCUT2D eigenvalue weighted by Crippen LogP contribution is -1.92. The molecule has 1 nitrogen and oxygen atoms in total. The summed E-state index contributed by atoms with van der Waals surface area (Å²) in [5.74, 6) is 0. The fourth-order valence-corrected chi connectivity index (χ4v) is 7.47. The van der Waals surface area contributed by atoms with E-state index in [2.05, 4.69) is 0 Å². The first-order chi connectivity index (χ1) is 34.2. The fourth-order valence-electron chi connectivity index (χ4n) is 7.47. The van der Waals surface area contributed by atoms with Gasteiger partial charge in [0.15, 0.2) is 0 Å². The van der Waals surface area contributed by atoms with Crippen LogP contribution in [-0.4, -0.2) is 0 Å². The summed E-state index contributed by atoms with van der Waals surface area (Å²) < 4.78 is 180. The molecule has 1 aromatic heterocycles. The zero-order chi connectivity index (χ0) is 51.4. The van der Waals surface area contributed by atoms with Crippen LogP contribution in [0.3, 0.4) is 0 Å². The zero-order valence-corrected chi connectivity index (χ0v) is 27.4. The van der Waals surface area contributed by atoms with Crippen LogP contribution in [0.5, 0.6) is 0 Å². The maximum Gasteiger partial charge on any atom is 0.143 e. The smallest absolute Gasteiger partial charge is 0.143 e. The number of benzene rings is 10. The molecule has 0 aliphatic heterocycles. The minimum atomic E-state index is -0.872. The van der Waals surface area contributed by atoms with Crippen molar-refractivity contribution in [2.75, 3.05) is 0 Å². The van der Waals surface area contributed by atoms with E-state index in [0.717, 1.165) is 21.9 Å². The molecule has 0 aliphatic carbocycles. The van der Waals surface area contributed by atoms with Crippen LogP contribution in [0.4, 0.5) is 0 Å². The molecule has 0 amide bonds. The van der Waals surface area contributed by atoms with Gasteiger partial charge < -0.3 is 4.42 Å². The summed E-state index contributed by atoms with van der Waals surface area (Å²) in [6.07, 6.45) is 0. The molecule has 0 fully saturated rings. The van der Waals surface area contributed by atoms with E-state index >= 15 is 0 Å². The Morgan fingerprint density at radius 3 is 1.68 bits per heavy atom. The molecule has 0 unspecified atom stereocenters. The monoisotopic (exact) mass is 691 g/mol. The van der Waals surface area contributed by atoms with Crippen LogP contribution in [0.1, 0.15) is 26.0 Å². The van der Waals surface area contributed by atoms with Crippen LogP contribution in [0.15, 0.2) is 198 Å². The van der Waals surface area contributed by atoms with Gasteiger partial charge in [-0.15, -0.1) is 0 Å². The van der Waals surface area contributed by atoms with Crippen LogP contribution in [0.2, 0.25) is 0 Å². The number of fused-ring (bicyclic) bond motifs is 7. The molecule has 10 aromatic carbocycles. The van der Waals surface area contributed by atoms with Gasteiger partial charge in [0, 0.05) is 16.3 Å². The molecule has 246 valence electrons. The zero-order valence-electron chi connectivity index (χ0n) is 46.4. The molecule has 0 atom stereocenters. The van der Waals surface area contributed by atoms with Crippen LogP contribution < -0.4 is 0 Å². The van der Waals surface area contributed by atoms with Gasteiger partial charge in [0.05, 0.1) is 26.0 Å². The van der Waals surface area contributed by atoms with Crippen molar-refractivity contribution in [1.82, 2.24) is 0 Å². The third-order valence-corrected chi connectivity index (χ3v) is 9.73. The molecular formula is C52H32O. The molecule has 0 spiro atoms. The predicted octanol–water partition coefficient (Wildman–Crippen LogP) is 14.9. The third-order valence-electron chi connectivity index (χ3n) is 9.73. The van der Waals surface area contributed by atoms with Gasteiger partial charge in [0.25, 0.3) is 0 Å². The molecule has 1 heterocycles. The van der Waals surface area contributed by atoms with Gasteiger partial charge in [-0.2, -0.15) is 0 Å². The summed E-state index contributed by atoms with van der Waals surface area (Å²) in [5.41, 5.74) is 0.163. The largest absolute Gasteiger partial charge is 0.455 e. The van der Waals surface area contributed by atoms with Crippen molar-refractivity contribution in [3.8, 4) is 44.5 Å². The number of rotatable bonds is 4. The van der Waals surface area contributed by atoms with E-state index in [1.54, 1.807) is 18.2 Å². The molecular weight excluding hydrogens is 641 g/mol.